The Bertz CT molecular complexity index is 1540. The molecule has 2 N–H and O–H groups in total. The average molecular weight is 411 g/mol. The minimum Gasteiger partial charge on any atom is -0.398 e. The van der Waals surface area contributed by atoms with Crippen molar-refractivity contribution in [3.8, 4) is 27.9 Å². The fraction of sp³-hybridized carbons (Fsp3) is 0. The molecule has 0 bridgehead atoms. The van der Waals surface area contributed by atoms with E-state index in [1.807, 2.05) is 12.1 Å². The number of anilines is 1. The maximum absolute atomic E-state index is 6.62. The third-order valence-corrected chi connectivity index (χ3v) is 6.16. The molecular weight excluding hydrogens is 388 g/mol. The number of fused-ring (bicyclic) bond motifs is 3. The summed E-state index contributed by atoms with van der Waals surface area (Å²) in [5, 5.41) is 2.44. The highest BCUT2D eigenvalue weighted by Gasteiger charge is 2.18. The van der Waals surface area contributed by atoms with Gasteiger partial charge >= 0.3 is 0 Å². The molecule has 5 aromatic carbocycles. The van der Waals surface area contributed by atoms with Crippen molar-refractivity contribution in [3.63, 3.8) is 0 Å². The summed E-state index contributed by atoms with van der Waals surface area (Å²) in [6, 6.07) is 42.4. The molecule has 152 valence electrons. The highest BCUT2D eigenvalue weighted by molar-refractivity contribution is 6.15. The van der Waals surface area contributed by atoms with Crippen LogP contribution in [0.15, 0.2) is 121 Å². The Labute approximate surface area is 187 Å². The van der Waals surface area contributed by atoms with Gasteiger partial charge in [0.05, 0.1) is 11.0 Å². The molecule has 0 radical (unpaired) electrons. The van der Waals surface area contributed by atoms with Crippen molar-refractivity contribution >= 4 is 27.5 Å². The lowest BCUT2D eigenvalue weighted by Crippen LogP contribution is -1.98. The number of nitrogen functional groups attached to an aromatic ring is 1. The van der Waals surface area contributed by atoms with E-state index in [0.29, 0.717) is 0 Å². The maximum Gasteiger partial charge on any atom is 0.0640 e. The van der Waals surface area contributed by atoms with Crippen LogP contribution < -0.4 is 5.73 Å². The SMILES string of the molecule is Nc1ccc2c3ccccc3n(-c3ccccc3)c2c1-c1ccc(-c2ccccc2)cc1. The number of hydrogen-bond acceptors (Lipinski definition) is 1. The van der Waals surface area contributed by atoms with Crippen LogP contribution in [0.1, 0.15) is 0 Å². The molecule has 0 atom stereocenters. The molecule has 2 heteroatoms. The molecule has 1 heterocycles. The lowest BCUT2D eigenvalue weighted by atomic mass is 9.97. The lowest BCUT2D eigenvalue weighted by molar-refractivity contribution is 1.18. The summed E-state index contributed by atoms with van der Waals surface area (Å²) in [4.78, 5) is 0. The zero-order chi connectivity index (χ0) is 21.5. The third kappa shape index (κ3) is 2.89. The Morgan fingerprint density at radius 3 is 1.81 bits per heavy atom. The van der Waals surface area contributed by atoms with Gasteiger partial charge < -0.3 is 10.3 Å². The number of aromatic nitrogens is 1. The fourth-order valence-corrected chi connectivity index (χ4v) is 4.68. The van der Waals surface area contributed by atoms with Crippen molar-refractivity contribution in [2.75, 3.05) is 5.73 Å². The summed E-state index contributed by atoms with van der Waals surface area (Å²) in [6.45, 7) is 0. The van der Waals surface area contributed by atoms with Crippen molar-refractivity contribution in [2.24, 2.45) is 0 Å². The van der Waals surface area contributed by atoms with Crippen molar-refractivity contribution in [3.05, 3.63) is 121 Å². The van der Waals surface area contributed by atoms with Crippen LogP contribution >= 0.6 is 0 Å². The summed E-state index contributed by atoms with van der Waals surface area (Å²) in [5.41, 5.74) is 15.5. The number of hydrogen-bond donors (Lipinski definition) is 1. The Morgan fingerprint density at radius 2 is 1.06 bits per heavy atom. The van der Waals surface area contributed by atoms with Crippen LogP contribution in [0.25, 0.3) is 49.7 Å². The van der Waals surface area contributed by atoms with Crippen LogP contribution in [0.5, 0.6) is 0 Å². The van der Waals surface area contributed by atoms with Crippen LogP contribution in [0.4, 0.5) is 5.69 Å². The number of nitrogens with zero attached hydrogens (tertiary/aromatic N) is 1. The second kappa shape index (κ2) is 7.44. The van der Waals surface area contributed by atoms with Gasteiger partial charge in [0.1, 0.15) is 0 Å². The van der Waals surface area contributed by atoms with Crippen LogP contribution in [0.2, 0.25) is 0 Å². The number of para-hydroxylation sites is 2. The Balaban J connectivity index is 1.65. The molecular formula is C30H22N2. The van der Waals surface area contributed by atoms with E-state index in [2.05, 4.69) is 114 Å². The number of benzene rings is 5. The predicted octanol–water partition coefficient (Wildman–Crippen LogP) is 7.70. The van der Waals surface area contributed by atoms with Gasteiger partial charge in [0, 0.05) is 27.7 Å². The van der Waals surface area contributed by atoms with Gasteiger partial charge in [0.25, 0.3) is 0 Å². The molecule has 6 aromatic rings. The number of rotatable bonds is 3. The first-order chi connectivity index (χ1) is 15.8. The minimum atomic E-state index is 0.782. The van der Waals surface area contributed by atoms with Gasteiger partial charge in [0.2, 0.25) is 0 Å². The molecule has 0 aliphatic rings. The van der Waals surface area contributed by atoms with Crippen LogP contribution in [-0.2, 0) is 0 Å². The summed E-state index contributed by atoms with van der Waals surface area (Å²) in [6.07, 6.45) is 0. The normalized spacial score (nSPS) is 11.2. The molecule has 0 amide bonds. The van der Waals surface area contributed by atoms with E-state index in [0.717, 1.165) is 28.0 Å². The van der Waals surface area contributed by atoms with Gasteiger partial charge in [-0.2, -0.15) is 0 Å². The summed E-state index contributed by atoms with van der Waals surface area (Å²) in [5.74, 6) is 0. The average Bonchev–Trinajstić information content (AvgIpc) is 3.19. The quantitative estimate of drug-likeness (QED) is 0.298. The Morgan fingerprint density at radius 1 is 0.469 bits per heavy atom. The van der Waals surface area contributed by atoms with Crippen molar-refractivity contribution < 1.29 is 0 Å². The van der Waals surface area contributed by atoms with Crippen LogP contribution in [0, 0.1) is 0 Å². The van der Waals surface area contributed by atoms with E-state index >= 15 is 0 Å². The first-order valence-electron chi connectivity index (χ1n) is 10.8. The molecule has 32 heavy (non-hydrogen) atoms. The molecule has 6 rings (SSSR count). The van der Waals surface area contributed by atoms with E-state index in [1.165, 1.54) is 27.4 Å². The zero-order valence-corrected chi connectivity index (χ0v) is 17.6. The van der Waals surface area contributed by atoms with E-state index < -0.39 is 0 Å². The summed E-state index contributed by atoms with van der Waals surface area (Å²) in [7, 11) is 0. The highest BCUT2D eigenvalue weighted by Crippen LogP contribution is 2.41. The van der Waals surface area contributed by atoms with E-state index in [9.17, 15) is 0 Å². The lowest BCUT2D eigenvalue weighted by Gasteiger charge is -2.14. The van der Waals surface area contributed by atoms with Gasteiger partial charge in [-0.3, -0.25) is 0 Å². The third-order valence-electron chi connectivity index (χ3n) is 6.16. The molecule has 0 saturated heterocycles. The molecule has 0 fully saturated rings. The number of nitrogens with two attached hydrogens (primary N) is 1. The fourth-order valence-electron chi connectivity index (χ4n) is 4.68. The molecule has 1 aromatic heterocycles. The van der Waals surface area contributed by atoms with Gasteiger partial charge in [0.15, 0.2) is 0 Å². The second-order valence-electron chi connectivity index (χ2n) is 8.06. The molecule has 2 nitrogen and oxygen atoms in total. The molecule has 0 aliphatic carbocycles. The molecule has 0 aliphatic heterocycles. The predicted molar refractivity (Wildman–Crippen MR) is 136 cm³/mol. The monoisotopic (exact) mass is 410 g/mol. The van der Waals surface area contributed by atoms with Gasteiger partial charge in [-0.05, 0) is 41.0 Å². The molecule has 0 unspecified atom stereocenters. The first kappa shape index (κ1) is 18.5. The second-order valence-corrected chi connectivity index (χ2v) is 8.06. The largest absolute Gasteiger partial charge is 0.398 e. The topological polar surface area (TPSA) is 30.9 Å². The van der Waals surface area contributed by atoms with Crippen molar-refractivity contribution in [1.29, 1.82) is 0 Å². The Kier molecular flexibility index (Phi) is 4.29. The van der Waals surface area contributed by atoms with E-state index in [4.69, 9.17) is 5.73 Å². The van der Waals surface area contributed by atoms with Crippen LogP contribution in [0.3, 0.4) is 0 Å². The minimum absolute atomic E-state index is 0.782. The van der Waals surface area contributed by atoms with Crippen LogP contribution in [-0.4, -0.2) is 4.57 Å². The van der Waals surface area contributed by atoms with Crippen molar-refractivity contribution in [1.82, 2.24) is 4.57 Å². The standard InChI is InChI=1S/C30H22N2/c31-27-20-19-26-25-13-7-8-14-28(25)32(24-11-5-2-6-12-24)30(26)29(27)23-17-15-22(16-18-23)21-9-3-1-4-10-21/h1-20H,31H2. The maximum atomic E-state index is 6.62. The van der Waals surface area contributed by atoms with E-state index in [1.54, 1.807) is 0 Å². The highest BCUT2D eigenvalue weighted by atomic mass is 15.0. The Hall–Kier alpha value is -4.30. The summed E-state index contributed by atoms with van der Waals surface area (Å²) < 4.78 is 2.33. The zero-order valence-electron chi connectivity index (χ0n) is 17.6. The van der Waals surface area contributed by atoms with Gasteiger partial charge in [-0.15, -0.1) is 0 Å². The smallest absolute Gasteiger partial charge is 0.0640 e. The summed E-state index contributed by atoms with van der Waals surface area (Å²) >= 11 is 0. The molecule has 0 saturated carbocycles. The van der Waals surface area contributed by atoms with Crippen molar-refractivity contribution in [2.45, 2.75) is 0 Å². The molecule has 0 spiro atoms. The van der Waals surface area contributed by atoms with E-state index in [-0.39, 0.29) is 0 Å². The van der Waals surface area contributed by atoms with Gasteiger partial charge in [-0.1, -0.05) is 97.1 Å². The van der Waals surface area contributed by atoms with Gasteiger partial charge in [-0.25, -0.2) is 0 Å². The first-order valence-corrected chi connectivity index (χ1v) is 10.8.